The van der Waals surface area contributed by atoms with Crippen LogP contribution >= 0.6 is 11.3 Å². The number of hydrogen-bond acceptors (Lipinski definition) is 3. The van der Waals surface area contributed by atoms with Crippen LogP contribution in [0.5, 0.6) is 0 Å². The van der Waals surface area contributed by atoms with Gasteiger partial charge >= 0.3 is 0 Å². The molecule has 0 bridgehead atoms. The highest BCUT2D eigenvalue weighted by Crippen LogP contribution is 2.24. The quantitative estimate of drug-likeness (QED) is 0.736. The Hall–Kier alpha value is -2.20. The molecule has 0 aliphatic heterocycles. The number of nitrogens with zero attached hydrogens (tertiary/aromatic N) is 1. The van der Waals surface area contributed by atoms with E-state index in [1.54, 1.807) is 11.3 Å². The van der Waals surface area contributed by atoms with Gasteiger partial charge in [-0.15, -0.1) is 11.3 Å². The Balaban J connectivity index is 1.66. The number of fused-ring (bicyclic) bond motifs is 1. The molecule has 0 saturated heterocycles. The number of aromatic nitrogens is 1. The van der Waals surface area contributed by atoms with Crippen molar-refractivity contribution in [2.75, 3.05) is 5.32 Å². The van der Waals surface area contributed by atoms with E-state index < -0.39 is 0 Å². The minimum absolute atomic E-state index is 0.0493. The summed E-state index contributed by atoms with van der Waals surface area (Å²) in [4.78, 5) is 16.9. The molecule has 1 N–H and O–H groups in total. The van der Waals surface area contributed by atoms with Gasteiger partial charge in [0.2, 0.25) is 5.91 Å². The van der Waals surface area contributed by atoms with Gasteiger partial charge in [-0.05, 0) is 36.6 Å². The molecule has 1 aromatic heterocycles. The average molecular weight is 324 g/mol. The molecule has 3 aromatic rings. The van der Waals surface area contributed by atoms with Gasteiger partial charge < -0.3 is 5.32 Å². The monoisotopic (exact) mass is 324 g/mol. The second kappa shape index (κ2) is 6.92. The Morgan fingerprint density at radius 2 is 2.00 bits per heavy atom. The minimum atomic E-state index is 0.0493. The molecular formula is C19H20N2OS. The molecule has 3 nitrogen and oxygen atoms in total. The van der Waals surface area contributed by atoms with Gasteiger partial charge in [-0.25, -0.2) is 4.98 Å². The Kier molecular flexibility index (Phi) is 4.72. The number of para-hydroxylation sites is 2. The molecule has 0 aliphatic carbocycles. The van der Waals surface area contributed by atoms with Crippen LogP contribution < -0.4 is 5.32 Å². The second-order valence-corrected chi connectivity index (χ2v) is 6.70. The first-order chi connectivity index (χ1) is 11.2. The highest BCUT2D eigenvalue weighted by atomic mass is 32.1. The number of carbonyl (C=O) groups excluding carboxylic acids is 1. The van der Waals surface area contributed by atoms with Crippen molar-refractivity contribution >= 4 is 33.1 Å². The van der Waals surface area contributed by atoms with E-state index in [4.69, 9.17) is 0 Å². The number of thiazole rings is 1. The number of benzene rings is 2. The van der Waals surface area contributed by atoms with Crippen LogP contribution in [0.2, 0.25) is 0 Å². The molecule has 1 heterocycles. The maximum atomic E-state index is 12.3. The molecule has 3 rings (SSSR count). The number of amides is 1. The van der Waals surface area contributed by atoms with Crippen LogP contribution in [-0.4, -0.2) is 10.9 Å². The molecule has 0 radical (unpaired) electrons. The third kappa shape index (κ3) is 3.59. The Morgan fingerprint density at radius 1 is 1.17 bits per heavy atom. The molecule has 118 valence electrons. The van der Waals surface area contributed by atoms with E-state index >= 15 is 0 Å². The molecule has 0 atom stereocenters. The molecule has 23 heavy (non-hydrogen) atoms. The van der Waals surface area contributed by atoms with E-state index in [-0.39, 0.29) is 5.91 Å². The normalized spacial score (nSPS) is 10.9. The Bertz CT molecular complexity index is 805. The fourth-order valence-corrected chi connectivity index (χ4v) is 3.62. The molecule has 0 spiro atoms. The molecule has 1 amide bonds. The van der Waals surface area contributed by atoms with Crippen LogP contribution in [0.4, 0.5) is 5.69 Å². The number of hydrogen-bond donors (Lipinski definition) is 1. The van der Waals surface area contributed by atoms with E-state index in [9.17, 15) is 4.79 Å². The summed E-state index contributed by atoms with van der Waals surface area (Å²) in [5.74, 6) is 0.0493. The van der Waals surface area contributed by atoms with Gasteiger partial charge in [-0.1, -0.05) is 37.3 Å². The molecule has 0 fully saturated rings. The van der Waals surface area contributed by atoms with E-state index in [1.165, 1.54) is 10.3 Å². The summed E-state index contributed by atoms with van der Waals surface area (Å²) in [7, 11) is 0. The SMILES string of the molecule is CCc1cccc(C)c1NC(=O)CCc1nc2ccccc2s1. The average Bonchev–Trinajstić information content (AvgIpc) is 2.98. The van der Waals surface area contributed by atoms with Crippen molar-refractivity contribution in [2.24, 2.45) is 0 Å². The van der Waals surface area contributed by atoms with Crippen molar-refractivity contribution in [1.29, 1.82) is 0 Å². The lowest BCUT2D eigenvalue weighted by Crippen LogP contribution is -2.14. The van der Waals surface area contributed by atoms with Crippen molar-refractivity contribution < 1.29 is 4.79 Å². The maximum absolute atomic E-state index is 12.3. The summed E-state index contributed by atoms with van der Waals surface area (Å²) in [5.41, 5.74) is 4.26. The third-order valence-electron chi connectivity index (χ3n) is 3.91. The fraction of sp³-hybridized carbons (Fsp3) is 0.263. The van der Waals surface area contributed by atoms with Crippen LogP contribution in [-0.2, 0) is 17.6 Å². The summed E-state index contributed by atoms with van der Waals surface area (Å²) >= 11 is 1.67. The standard InChI is InChI=1S/C19H20N2OS/c1-3-14-8-6-7-13(2)19(14)21-17(22)11-12-18-20-15-9-4-5-10-16(15)23-18/h4-10H,3,11-12H2,1-2H3,(H,21,22). The van der Waals surface area contributed by atoms with Gasteiger partial charge in [0.05, 0.1) is 15.2 Å². The lowest BCUT2D eigenvalue weighted by atomic mass is 10.1. The summed E-state index contributed by atoms with van der Waals surface area (Å²) < 4.78 is 1.18. The van der Waals surface area contributed by atoms with Crippen LogP contribution in [0.3, 0.4) is 0 Å². The summed E-state index contributed by atoms with van der Waals surface area (Å²) in [6.07, 6.45) is 2.05. The van der Waals surface area contributed by atoms with E-state index in [1.807, 2.05) is 37.3 Å². The predicted molar refractivity (Wildman–Crippen MR) is 97.1 cm³/mol. The van der Waals surface area contributed by atoms with Gasteiger partial charge in [0.15, 0.2) is 0 Å². The van der Waals surface area contributed by atoms with Crippen molar-refractivity contribution in [3.63, 3.8) is 0 Å². The first-order valence-corrected chi connectivity index (χ1v) is 8.72. The van der Waals surface area contributed by atoms with Crippen molar-refractivity contribution in [3.05, 3.63) is 58.6 Å². The zero-order valence-corrected chi connectivity index (χ0v) is 14.2. The van der Waals surface area contributed by atoms with Crippen LogP contribution in [0.1, 0.15) is 29.5 Å². The van der Waals surface area contributed by atoms with Gasteiger partial charge in [0, 0.05) is 18.5 Å². The van der Waals surface area contributed by atoms with Crippen molar-refractivity contribution in [2.45, 2.75) is 33.1 Å². The highest BCUT2D eigenvalue weighted by Gasteiger charge is 2.10. The number of rotatable bonds is 5. The Labute approximate surface area is 140 Å². The molecular weight excluding hydrogens is 304 g/mol. The van der Waals surface area contributed by atoms with Crippen molar-refractivity contribution in [1.82, 2.24) is 4.98 Å². The van der Waals surface area contributed by atoms with Crippen LogP contribution in [0.25, 0.3) is 10.2 Å². The topological polar surface area (TPSA) is 42.0 Å². The largest absolute Gasteiger partial charge is 0.326 e. The number of carbonyl (C=O) groups is 1. The summed E-state index contributed by atoms with van der Waals surface area (Å²) in [6, 6.07) is 14.2. The third-order valence-corrected chi connectivity index (χ3v) is 5.00. The minimum Gasteiger partial charge on any atom is -0.326 e. The van der Waals surface area contributed by atoms with Crippen molar-refractivity contribution in [3.8, 4) is 0 Å². The predicted octanol–water partition coefficient (Wildman–Crippen LogP) is 4.74. The molecule has 0 unspecified atom stereocenters. The van der Waals surface area contributed by atoms with Crippen LogP contribution in [0.15, 0.2) is 42.5 Å². The second-order valence-electron chi connectivity index (χ2n) is 5.59. The zero-order chi connectivity index (χ0) is 16.2. The number of aryl methyl sites for hydroxylation is 3. The lowest BCUT2D eigenvalue weighted by molar-refractivity contribution is -0.116. The van der Waals surface area contributed by atoms with Gasteiger partial charge in [0.1, 0.15) is 0 Å². The highest BCUT2D eigenvalue weighted by molar-refractivity contribution is 7.18. The molecule has 0 aliphatic rings. The number of nitrogens with one attached hydrogen (secondary N) is 1. The summed E-state index contributed by atoms with van der Waals surface area (Å²) in [6.45, 7) is 4.13. The van der Waals surface area contributed by atoms with Crippen LogP contribution in [0, 0.1) is 6.92 Å². The summed E-state index contributed by atoms with van der Waals surface area (Å²) in [5, 5.41) is 4.09. The van der Waals surface area contributed by atoms with Gasteiger partial charge in [-0.2, -0.15) is 0 Å². The number of anilines is 1. The van der Waals surface area contributed by atoms with Gasteiger partial charge in [-0.3, -0.25) is 4.79 Å². The Morgan fingerprint density at radius 3 is 2.78 bits per heavy atom. The molecule has 4 heteroatoms. The van der Waals surface area contributed by atoms with Gasteiger partial charge in [0.25, 0.3) is 0 Å². The molecule has 2 aromatic carbocycles. The fourth-order valence-electron chi connectivity index (χ4n) is 2.65. The first-order valence-electron chi connectivity index (χ1n) is 7.90. The lowest BCUT2D eigenvalue weighted by Gasteiger charge is -2.12. The van der Waals surface area contributed by atoms with E-state index in [2.05, 4.69) is 29.4 Å². The van der Waals surface area contributed by atoms with E-state index in [0.717, 1.165) is 28.2 Å². The zero-order valence-electron chi connectivity index (χ0n) is 13.4. The smallest absolute Gasteiger partial charge is 0.224 e. The first kappa shape index (κ1) is 15.7. The maximum Gasteiger partial charge on any atom is 0.224 e. The van der Waals surface area contributed by atoms with E-state index in [0.29, 0.717) is 12.8 Å². The molecule has 0 saturated carbocycles.